The second-order valence-corrected chi connectivity index (χ2v) is 4.25. The van der Waals surface area contributed by atoms with Gasteiger partial charge in [-0.3, -0.25) is 9.59 Å². The van der Waals surface area contributed by atoms with Gasteiger partial charge < -0.3 is 15.7 Å². The van der Waals surface area contributed by atoms with Crippen LogP contribution < -0.4 is 10.6 Å². The minimum atomic E-state index is -0.229. The average Bonchev–Trinajstić information content (AvgIpc) is 2.84. The smallest absolute Gasteiger partial charge is 0.252 e. The predicted octanol–water partition coefficient (Wildman–Crippen LogP) is -0.0422. The molecule has 1 aromatic rings. The third-order valence-electron chi connectivity index (χ3n) is 2.07. The lowest BCUT2D eigenvalue weighted by molar-refractivity contribution is -0.120. The van der Waals surface area contributed by atoms with Gasteiger partial charge in [-0.15, -0.1) is 11.3 Å². The van der Waals surface area contributed by atoms with Crippen LogP contribution in [0.5, 0.6) is 0 Å². The van der Waals surface area contributed by atoms with E-state index in [4.69, 9.17) is 5.11 Å². The highest BCUT2D eigenvalue weighted by molar-refractivity contribution is 7.10. The number of carbonyl (C=O) groups is 2. The minimum absolute atomic E-state index is 0.116. The molecule has 1 heterocycles. The lowest BCUT2D eigenvalue weighted by atomic mass is 10.3. The van der Waals surface area contributed by atoms with E-state index in [1.165, 1.54) is 11.3 Å². The number of carbonyl (C=O) groups excluding carboxylic acids is 2. The molecule has 96 valence electrons. The predicted molar refractivity (Wildman–Crippen MR) is 69.3 cm³/mol. The summed E-state index contributed by atoms with van der Waals surface area (Å²) in [6, 6.07) is 1.66. The largest absolute Gasteiger partial charge is 0.384 e. The summed E-state index contributed by atoms with van der Waals surface area (Å²) >= 11 is 1.34. The number of nitrogens with one attached hydrogen (secondary N) is 2. The Balaban J connectivity index is 2.47. The van der Waals surface area contributed by atoms with Crippen molar-refractivity contribution in [2.45, 2.75) is 6.42 Å². The number of thiophene rings is 1. The molecule has 2 amide bonds. The maximum absolute atomic E-state index is 11.7. The van der Waals surface area contributed by atoms with Gasteiger partial charge in [0.25, 0.3) is 5.91 Å². The summed E-state index contributed by atoms with van der Waals surface area (Å²) < 4.78 is 0. The van der Waals surface area contributed by atoms with E-state index in [0.29, 0.717) is 12.1 Å². The quantitative estimate of drug-likeness (QED) is 0.669. The zero-order valence-electron chi connectivity index (χ0n) is 9.95. The molecule has 0 saturated carbocycles. The van der Waals surface area contributed by atoms with Crippen LogP contribution in [0.1, 0.15) is 21.7 Å². The Bertz CT molecular complexity index is 485. The van der Waals surface area contributed by atoms with Crippen LogP contribution in [0.3, 0.4) is 0 Å². The van der Waals surface area contributed by atoms with Crippen LogP contribution in [0.25, 0.3) is 0 Å². The molecule has 0 aromatic carbocycles. The van der Waals surface area contributed by atoms with Crippen molar-refractivity contribution < 1.29 is 14.7 Å². The summed E-state index contributed by atoms with van der Waals surface area (Å²) in [6.45, 7) is 0.0948. The minimum Gasteiger partial charge on any atom is -0.384 e. The molecule has 0 spiro atoms. The zero-order valence-corrected chi connectivity index (χ0v) is 10.8. The Morgan fingerprint density at radius 2 is 2.28 bits per heavy atom. The Morgan fingerprint density at radius 3 is 2.94 bits per heavy atom. The van der Waals surface area contributed by atoms with E-state index in [2.05, 4.69) is 22.5 Å². The zero-order chi connectivity index (χ0) is 13.4. The lowest BCUT2D eigenvalue weighted by Crippen LogP contribution is -2.28. The van der Waals surface area contributed by atoms with Crippen molar-refractivity contribution in [3.63, 3.8) is 0 Å². The van der Waals surface area contributed by atoms with Crippen LogP contribution in [-0.4, -0.2) is 37.1 Å². The van der Waals surface area contributed by atoms with Crippen LogP contribution >= 0.6 is 11.3 Å². The normalized spacial score (nSPS) is 9.22. The van der Waals surface area contributed by atoms with Crippen molar-refractivity contribution in [3.05, 3.63) is 21.9 Å². The molecule has 0 aliphatic rings. The summed E-state index contributed by atoms with van der Waals surface area (Å²) in [7, 11) is 1.55. The van der Waals surface area contributed by atoms with Gasteiger partial charge in [-0.05, 0) is 6.07 Å². The number of hydrogen-bond donors (Lipinski definition) is 3. The summed E-state index contributed by atoms with van der Waals surface area (Å²) in [5, 5.41) is 15.4. The molecule has 5 nitrogen and oxygen atoms in total. The van der Waals surface area contributed by atoms with E-state index in [1.807, 2.05) is 0 Å². The number of aliphatic hydroxyl groups excluding tert-OH is 1. The Labute approximate surface area is 109 Å². The van der Waals surface area contributed by atoms with Gasteiger partial charge in [-0.25, -0.2) is 0 Å². The van der Waals surface area contributed by atoms with Crippen molar-refractivity contribution in [2.75, 3.05) is 20.2 Å². The molecule has 18 heavy (non-hydrogen) atoms. The fourth-order valence-corrected chi connectivity index (χ4v) is 1.92. The van der Waals surface area contributed by atoms with E-state index < -0.39 is 0 Å². The summed E-state index contributed by atoms with van der Waals surface area (Å²) in [6.07, 6.45) is 0.254. The van der Waals surface area contributed by atoms with Crippen LogP contribution in [0, 0.1) is 11.8 Å². The Hall–Kier alpha value is -1.84. The topological polar surface area (TPSA) is 78.4 Å². The molecule has 3 N–H and O–H groups in total. The van der Waals surface area contributed by atoms with Crippen molar-refractivity contribution >= 4 is 23.2 Å². The molecule has 0 atom stereocenters. The van der Waals surface area contributed by atoms with Crippen molar-refractivity contribution in [1.82, 2.24) is 10.6 Å². The molecular formula is C12H14N2O3S. The first-order valence-electron chi connectivity index (χ1n) is 5.34. The highest BCUT2D eigenvalue weighted by atomic mass is 32.1. The SMILES string of the molecule is CNC(=O)CCNC(=O)c1csc(C#CCO)c1. The first-order chi connectivity index (χ1) is 8.67. The maximum atomic E-state index is 11.7. The molecule has 6 heteroatoms. The van der Waals surface area contributed by atoms with Gasteiger partial charge in [-0.1, -0.05) is 11.8 Å². The standard InChI is InChI=1S/C12H14N2O3S/c1-13-11(16)4-5-14-12(17)9-7-10(18-8-9)3-2-6-15/h7-8,15H,4-6H2,1H3,(H,13,16)(H,14,17). The summed E-state index contributed by atoms with van der Waals surface area (Å²) in [4.78, 5) is 23.3. The van der Waals surface area contributed by atoms with Gasteiger partial charge >= 0.3 is 0 Å². The molecule has 0 saturated heterocycles. The van der Waals surface area contributed by atoms with Gasteiger partial charge in [0.1, 0.15) is 6.61 Å². The molecule has 0 unspecified atom stereocenters. The Kier molecular flexibility index (Phi) is 5.91. The van der Waals surface area contributed by atoms with E-state index in [0.717, 1.165) is 4.88 Å². The van der Waals surface area contributed by atoms with E-state index in [-0.39, 0.29) is 24.8 Å². The first kappa shape index (κ1) is 14.2. The summed E-state index contributed by atoms with van der Waals surface area (Å²) in [5.74, 6) is 4.90. The summed E-state index contributed by atoms with van der Waals surface area (Å²) in [5.41, 5.74) is 0.513. The third-order valence-corrected chi connectivity index (χ3v) is 2.91. The molecule has 0 aliphatic heterocycles. The second-order valence-electron chi connectivity index (χ2n) is 3.34. The number of hydrogen-bond acceptors (Lipinski definition) is 4. The molecule has 0 aliphatic carbocycles. The molecule has 1 aromatic heterocycles. The van der Waals surface area contributed by atoms with Gasteiger partial charge in [0, 0.05) is 25.4 Å². The van der Waals surface area contributed by atoms with Gasteiger partial charge in [0.15, 0.2) is 0 Å². The van der Waals surface area contributed by atoms with E-state index >= 15 is 0 Å². The van der Waals surface area contributed by atoms with Crippen molar-refractivity contribution in [1.29, 1.82) is 0 Å². The van der Waals surface area contributed by atoms with E-state index in [9.17, 15) is 9.59 Å². The van der Waals surface area contributed by atoms with Gasteiger partial charge in [0.05, 0.1) is 10.4 Å². The number of amides is 2. The van der Waals surface area contributed by atoms with Crippen LogP contribution in [0.15, 0.2) is 11.4 Å². The molecular weight excluding hydrogens is 252 g/mol. The maximum Gasteiger partial charge on any atom is 0.252 e. The fourth-order valence-electron chi connectivity index (χ4n) is 1.16. The first-order valence-corrected chi connectivity index (χ1v) is 6.22. The van der Waals surface area contributed by atoms with Crippen molar-refractivity contribution in [2.24, 2.45) is 0 Å². The van der Waals surface area contributed by atoms with Gasteiger partial charge in [0.2, 0.25) is 5.91 Å². The average molecular weight is 266 g/mol. The number of aliphatic hydroxyl groups is 1. The Morgan fingerprint density at radius 1 is 1.50 bits per heavy atom. The lowest BCUT2D eigenvalue weighted by Gasteiger charge is -2.02. The van der Waals surface area contributed by atoms with Crippen LogP contribution in [0.2, 0.25) is 0 Å². The molecule has 1 rings (SSSR count). The fraction of sp³-hybridized carbons (Fsp3) is 0.333. The molecule has 0 fully saturated rings. The van der Waals surface area contributed by atoms with Gasteiger partial charge in [-0.2, -0.15) is 0 Å². The van der Waals surface area contributed by atoms with E-state index in [1.54, 1.807) is 18.5 Å². The number of rotatable bonds is 4. The molecule has 0 radical (unpaired) electrons. The molecule has 0 bridgehead atoms. The monoisotopic (exact) mass is 266 g/mol. The van der Waals surface area contributed by atoms with Crippen molar-refractivity contribution in [3.8, 4) is 11.8 Å². The second kappa shape index (κ2) is 7.48. The van der Waals surface area contributed by atoms with Crippen LogP contribution in [0.4, 0.5) is 0 Å². The van der Waals surface area contributed by atoms with Crippen LogP contribution in [-0.2, 0) is 4.79 Å². The highest BCUT2D eigenvalue weighted by Gasteiger charge is 2.08. The third kappa shape index (κ3) is 4.57. The highest BCUT2D eigenvalue weighted by Crippen LogP contribution is 2.13.